The van der Waals surface area contributed by atoms with Crippen molar-refractivity contribution in [2.75, 3.05) is 6.54 Å². The molecule has 0 radical (unpaired) electrons. The maximum Gasteiger partial charge on any atom is 0.238 e. The second-order valence-corrected chi connectivity index (χ2v) is 5.97. The lowest BCUT2D eigenvalue weighted by molar-refractivity contribution is -0.130. The molecule has 2 rings (SSSR count). The van der Waals surface area contributed by atoms with Gasteiger partial charge in [0.05, 0.1) is 12.7 Å². The van der Waals surface area contributed by atoms with Gasteiger partial charge in [-0.1, -0.05) is 39.5 Å². The molecule has 0 spiro atoms. The van der Waals surface area contributed by atoms with E-state index in [-0.39, 0.29) is 0 Å². The molecule has 0 aromatic carbocycles. The number of nitrogens with one attached hydrogen (secondary N) is 1. The van der Waals surface area contributed by atoms with Crippen molar-refractivity contribution >= 4 is 5.91 Å². The zero-order chi connectivity index (χ0) is 12.3. The zero-order valence-electron chi connectivity index (χ0n) is 11.2. The topological polar surface area (TPSA) is 32.3 Å². The van der Waals surface area contributed by atoms with Crippen LogP contribution in [0.4, 0.5) is 0 Å². The molecule has 0 bridgehead atoms. The van der Waals surface area contributed by atoms with Crippen molar-refractivity contribution in [1.29, 1.82) is 0 Å². The first-order chi connectivity index (χ1) is 8.18. The van der Waals surface area contributed by atoms with Gasteiger partial charge in [-0.3, -0.25) is 10.1 Å². The van der Waals surface area contributed by atoms with Crippen molar-refractivity contribution in [3.8, 4) is 0 Å². The van der Waals surface area contributed by atoms with Gasteiger partial charge in [0.2, 0.25) is 5.91 Å². The lowest BCUT2D eigenvalue weighted by Crippen LogP contribution is -2.45. The Labute approximate surface area is 105 Å². The Balaban J connectivity index is 2.01. The molecule has 1 aliphatic heterocycles. The molecule has 2 aliphatic rings. The van der Waals surface area contributed by atoms with Crippen LogP contribution in [0.3, 0.4) is 0 Å². The van der Waals surface area contributed by atoms with E-state index in [1.165, 1.54) is 38.5 Å². The summed E-state index contributed by atoms with van der Waals surface area (Å²) in [5.74, 6) is 0.967. The maximum absolute atomic E-state index is 12.0. The lowest BCUT2D eigenvalue weighted by atomic mass is 10.0. The van der Waals surface area contributed by atoms with Crippen LogP contribution < -0.4 is 5.32 Å². The summed E-state index contributed by atoms with van der Waals surface area (Å²) in [6.07, 6.45) is 9.09. The monoisotopic (exact) mass is 238 g/mol. The van der Waals surface area contributed by atoms with E-state index in [9.17, 15) is 4.79 Å². The molecule has 1 N–H and O–H groups in total. The van der Waals surface area contributed by atoms with E-state index in [1.54, 1.807) is 0 Å². The second-order valence-electron chi connectivity index (χ2n) is 5.97. The van der Waals surface area contributed by atoms with Crippen LogP contribution in [0, 0.1) is 5.92 Å². The first-order valence-electron chi connectivity index (χ1n) is 7.23. The Morgan fingerprint density at radius 1 is 1.24 bits per heavy atom. The van der Waals surface area contributed by atoms with E-state index in [0.717, 1.165) is 6.42 Å². The van der Waals surface area contributed by atoms with E-state index >= 15 is 0 Å². The molecular weight excluding hydrogens is 212 g/mol. The number of nitrogens with zero attached hydrogens (tertiary/aromatic N) is 1. The fraction of sp³-hybridized carbons (Fsp3) is 0.929. The lowest BCUT2D eigenvalue weighted by Gasteiger charge is -2.33. The number of carbonyl (C=O) groups is 1. The molecule has 1 aliphatic carbocycles. The van der Waals surface area contributed by atoms with E-state index in [0.29, 0.717) is 30.6 Å². The van der Waals surface area contributed by atoms with Gasteiger partial charge in [-0.15, -0.1) is 0 Å². The quantitative estimate of drug-likeness (QED) is 0.766. The van der Waals surface area contributed by atoms with E-state index in [4.69, 9.17) is 0 Å². The fourth-order valence-corrected chi connectivity index (χ4v) is 3.21. The summed E-state index contributed by atoms with van der Waals surface area (Å²) in [7, 11) is 0. The number of amides is 1. The zero-order valence-corrected chi connectivity index (χ0v) is 11.2. The van der Waals surface area contributed by atoms with Crippen LogP contribution in [0.2, 0.25) is 0 Å². The third-order valence-corrected chi connectivity index (χ3v) is 4.03. The molecule has 1 amide bonds. The Morgan fingerprint density at radius 3 is 2.47 bits per heavy atom. The maximum atomic E-state index is 12.0. The number of rotatable bonds is 3. The number of hydrogen-bond acceptors (Lipinski definition) is 2. The summed E-state index contributed by atoms with van der Waals surface area (Å²) in [5, 5.41) is 3.38. The highest BCUT2D eigenvalue weighted by Crippen LogP contribution is 2.26. The average Bonchev–Trinajstić information content (AvgIpc) is 2.53. The van der Waals surface area contributed by atoms with Crippen molar-refractivity contribution in [1.82, 2.24) is 10.2 Å². The Kier molecular flexibility index (Phi) is 4.43. The van der Waals surface area contributed by atoms with E-state index < -0.39 is 0 Å². The highest BCUT2D eigenvalue weighted by atomic mass is 16.2. The third-order valence-electron chi connectivity index (χ3n) is 4.03. The predicted molar refractivity (Wildman–Crippen MR) is 69.6 cm³/mol. The van der Waals surface area contributed by atoms with Crippen LogP contribution in [-0.2, 0) is 4.79 Å². The molecule has 0 aromatic rings. The first-order valence-corrected chi connectivity index (χ1v) is 7.23. The molecule has 3 heteroatoms. The van der Waals surface area contributed by atoms with Crippen LogP contribution in [0.1, 0.15) is 58.8 Å². The normalized spacial score (nSPS) is 27.8. The summed E-state index contributed by atoms with van der Waals surface area (Å²) >= 11 is 0. The molecule has 3 nitrogen and oxygen atoms in total. The first kappa shape index (κ1) is 12.9. The molecule has 98 valence electrons. The second kappa shape index (κ2) is 5.85. The van der Waals surface area contributed by atoms with Gasteiger partial charge in [0.25, 0.3) is 0 Å². The van der Waals surface area contributed by atoms with Gasteiger partial charge in [-0.05, 0) is 25.2 Å². The summed E-state index contributed by atoms with van der Waals surface area (Å²) in [4.78, 5) is 14.2. The van der Waals surface area contributed by atoms with Gasteiger partial charge in [0, 0.05) is 6.04 Å². The standard InChI is InChI=1S/C14H26N2O/c1-11(2)9-13-15-10-14(17)16(13)12-7-5-3-4-6-8-12/h11-13,15H,3-10H2,1-2H3. The molecule has 1 saturated carbocycles. The average molecular weight is 238 g/mol. The minimum atomic E-state index is 0.297. The van der Waals surface area contributed by atoms with E-state index in [2.05, 4.69) is 24.1 Å². The van der Waals surface area contributed by atoms with Gasteiger partial charge < -0.3 is 4.90 Å². The molecule has 0 aromatic heterocycles. The SMILES string of the molecule is CC(C)CC1NCC(=O)N1C1CCCCCC1. The van der Waals surface area contributed by atoms with Crippen LogP contribution >= 0.6 is 0 Å². The Bertz CT molecular complexity index is 257. The van der Waals surface area contributed by atoms with Crippen LogP contribution in [-0.4, -0.2) is 29.6 Å². The fourth-order valence-electron chi connectivity index (χ4n) is 3.21. The summed E-state index contributed by atoms with van der Waals surface area (Å²) in [6, 6.07) is 0.503. The predicted octanol–water partition coefficient (Wildman–Crippen LogP) is 2.51. The molecule has 17 heavy (non-hydrogen) atoms. The Hall–Kier alpha value is -0.570. The number of carbonyl (C=O) groups excluding carboxylic acids is 1. The highest BCUT2D eigenvalue weighted by Gasteiger charge is 2.35. The molecular formula is C14H26N2O. The van der Waals surface area contributed by atoms with Crippen molar-refractivity contribution in [3.63, 3.8) is 0 Å². The number of hydrogen-bond donors (Lipinski definition) is 1. The smallest absolute Gasteiger partial charge is 0.238 e. The third kappa shape index (κ3) is 3.21. The van der Waals surface area contributed by atoms with Gasteiger partial charge in [-0.2, -0.15) is 0 Å². The van der Waals surface area contributed by atoms with E-state index in [1.807, 2.05) is 0 Å². The van der Waals surface area contributed by atoms with Crippen LogP contribution in [0.25, 0.3) is 0 Å². The summed E-state index contributed by atoms with van der Waals surface area (Å²) < 4.78 is 0. The van der Waals surface area contributed by atoms with Crippen LogP contribution in [0.5, 0.6) is 0 Å². The molecule has 1 unspecified atom stereocenters. The summed E-state index contributed by atoms with van der Waals surface area (Å²) in [6.45, 7) is 5.01. The van der Waals surface area contributed by atoms with Crippen molar-refractivity contribution in [2.45, 2.75) is 71.0 Å². The van der Waals surface area contributed by atoms with Gasteiger partial charge in [-0.25, -0.2) is 0 Å². The largest absolute Gasteiger partial charge is 0.323 e. The minimum Gasteiger partial charge on any atom is -0.323 e. The minimum absolute atomic E-state index is 0.297. The molecule has 2 fully saturated rings. The van der Waals surface area contributed by atoms with Gasteiger partial charge in [0.15, 0.2) is 0 Å². The van der Waals surface area contributed by atoms with Gasteiger partial charge in [0.1, 0.15) is 0 Å². The van der Waals surface area contributed by atoms with Crippen LogP contribution in [0.15, 0.2) is 0 Å². The summed E-state index contributed by atoms with van der Waals surface area (Å²) in [5.41, 5.74) is 0. The van der Waals surface area contributed by atoms with Crippen molar-refractivity contribution in [2.24, 2.45) is 5.92 Å². The van der Waals surface area contributed by atoms with Gasteiger partial charge >= 0.3 is 0 Å². The van der Waals surface area contributed by atoms with Crippen molar-refractivity contribution < 1.29 is 4.79 Å². The molecule has 1 atom stereocenters. The van der Waals surface area contributed by atoms with Crippen molar-refractivity contribution in [3.05, 3.63) is 0 Å². The molecule has 1 heterocycles. The molecule has 1 saturated heterocycles. The highest BCUT2D eigenvalue weighted by molar-refractivity contribution is 5.81. The Morgan fingerprint density at radius 2 is 1.88 bits per heavy atom.